The quantitative estimate of drug-likeness (QED) is 0.767. The zero-order valence-corrected chi connectivity index (χ0v) is 9.63. The van der Waals surface area contributed by atoms with Crippen molar-refractivity contribution in [2.24, 2.45) is 0 Å². The summed E-state index contributed by atoms with van der Waals surface area (Å²) in [5, 5.41) is 10.9. The molecular formula is C11H20O2S. The first kappa shape index (κ1) is 10.8. The lowest BCUT2D eigenvalue weighted by Gasteiger charge is -2.29. The SMILES string of the molecule is CC1OCCC1SC1CCCCC1O. The van der Waals surface area contributed by atoms with Gasteiger partial charge in [-0.1, -0.05) is 12.8 Å². The highest BCUT2D eigenvalue weighted by molar-refractivity contribution is 8.00. The zero-order valence-electron chi connectivity index (χ0n) is 8.82. The molecule has 1 aliphatic carbocycles. The second kappa shape index (κ2) is 4.86. The van der Waals surface area contributed by atoms with Crippen molar-refractivity contribution < 1.29 is 9.84 Å². The van der Waals surface area contributed by atoms with Crippen molar-refractivity contribution in [3.05, 3.63) is 0 Å². The van der Waals surface area contributed by atoms with Gasteiger partial charge in [-0.15, -0.1) is 11.8 Å². The molecule has 0 aromatic rings. The van der Waals surface area contributed by atoms with Gasteiger partial charge in [0.05, 0.1) is 12.2 Å². The number of aliphatic hydroxyl groups excluding tert-OH is 1. The van der Waals surface area contributed by atoms with Crippen LogP contribution in [0.3, 0.4) is 0 Å². The summed E-state index contributed by atoms with van der Waals surface area (Å²) in [6.07, 6.45) is 6.16. The zero-order chi connectivity index (χ0) is 9.97. The first-order valence-corrected chi connectivity index (χ1v) is 6.67. The van der Waals surface area contributed by atoms with E-state index in [4.69, 9.17) is 4.74 Å². The van der Waals surface area contributed by atoms with Crippen LogP contribution in [0.15, 0.2) is 0 Å². The van der Waals surface area contributed by atoms with Gasteiger partial charge in [-0.05, 0) is 26.2 Å². The van der Waals surface area contributed by atoms with Gasteiger partial charge in [-0.3, -0.25) is 0 Å². The molecule has 4 atom stereocenters. The smallest absolute Gasteiger partial charge is 0.0666 e. The number of hydrogen-bond acceptors (Lipinski definition) is 3. The average Bonchev–Trinajstić information content (AvgIpc) is 2.56. The summed E-state index contributed by atoms with van der Waals surface area (Å²) in [4.78, 5) is 0. The minimum atomic E-state index is -0.0680. The Bertz CT molecular complexity index is 186. The maximum atomic E-state index is 9.85. The molecule has 2 aliphatic rings. The van der Waals surface area contributed by atoms with Crippen LogP contribution in [-0.4, -0.2) is 34.4 Å². The minimum absolute atomic E-state index is 0.0680. The normalized spacial score (nSPS) is 44.1. The molecule has 4 unspecified atom stereocenters. The molecule has 0 amide bonds. The molecule has 1 heterocycles. The van der Waals surface area contributed by atoms with Gasteiger partial charge in [0.1, 0.15) is 0 Å². The molecule has 1 saturated carbocycles. The molecule has 0 aromatic carbocycles. The van der Waals surface area contributed by atoms with E-state index in [0.717, 1.165) is 19.4 Å². The highest BCUT2D eigenvalue weighted by atomic mass is 32.2. The summed E-state index contributed by atoms with van der Waals surface area (Å²) >= 11 is 1.97. The van der Waals surface area contributed by atoms with Gasteiger partial charge in [-0.2, -0.15) is 0 Å². The molecule has 0 spiro atoms. The maximum absolute atomic E-state index is 9.85. The molecule has 14 heavy (non-hydrogen) atoms. The summed E-state index contributed by atoms with van der Waals surface area (Å²) < 4.78 is 5.54. The second-order valence-electron chi connectivity index (χ2n) is 4.43. The van der Waals surface area contributed by atoms with Gasteiger partial charge in [0.15, 0.2) is 0 Å². The standard InChI is InChI=1S/C11H20O2S/c1-8-10(6-7-13-8)14-11-5-3-2-4-9(11)12/h8-12H,2-7H2,1H3. The fraction of sp³-hybridized carbons (Fsp3) is 1.00. The van der Waals surface area contributed by atoms with E-state index < -0.39 is 0 Å². The van der Waals surface area contributed by atoms with Crippen molar-refractivity contribution >= 4 is 11.8 Å². The van der Waals surface area contributed by atoms with Crippen molar-refractivity contribution in [2.75, 3.05) is 6.61 Å². The summed E-state index contributed by atoms with van der Waals surface area (Å²) in [6.45, 7) is 3.06. The van der Waals surface area contributed by atoms with Crippen LogP contribution in [0.1, 0.15) is 39.0 Å². The van der Waals surface area contributed by atoms with E-state index >= 15 is 0 Å². The Morgan fingerprint density at radius 3 is 2.57 bits per heavy atom. The molecule has 3 heteroatoms. The predicted molar refractivity (Wildman–Crippen MR) is 59.7 cm³/mol. The molecular weight excluding hydrogens is 196 g/mol. The van der Waals surface area contributed by atoms with Crippen LogP contribution < -0.4 is 0 Å². The summed E-state index contributed by atoms with van der Waals surface area (Å²) in [6, 6.07) is 0. The van der Waals surface area contributed by atoms with Crippen LogP contribution in [0.4, 0.5) is 0 Å². The lowest BCUT2D eigenvalue weighted by Crippen LogP contribution is -2.30. The van der Waals surface area contributed by atoms with E-state index in [2.05, 4.69) is 6.92 Å². The molecule has 1 N–H and O–H groups in total. The molecule has 1 saturated heterocycles. The van der Waals surface area contributed by atoms with Crippen molar-refractivity contribution in [3.63, 3.8) is 0 Å². The minimum Gasteiger partial charge on any atom is -0.392 e. The van der Waals surface area contributed by atoms with Crippen molar-refractivity contribution in [1.29, 1.82) is 0 Å². The Morgan fingerprint density at radius 1 is 1.14 bits per heavy atom. The van der Waals surface area contributed by atoms with Crippen molar-refractivity contribution in [3.8, 4) is 0 Å². The van der Waals surface area contributed by atoms with Crippen LogP contribution >= 0.6 is 11.8 Å². The molecule has 0 aromatic heterocycles. The second-order valence-corrected chi connectivity index (χ2v) is 5.91. The first-order chi connectivity index (χ1) is 6.77. The van der Waals surface area contributed by atoms with Gasteiger partial charge in [0.25, 0.3) is 0 Å². The third-order valence-corrected chi connectivity index (χ3v) is 5.19. The Balaban J connectivity index is 1.83. The van der Waals surface area contributed by atoms with E-state index in [9.17, 15) is 5.11 Å². The fourth-order valence-electron chi connectivity index (χ4n) is 2.35. The molecule has 1 aliphatic heterocycles. The lowest BCUT2D eigenvalue weighted by molar-refractivity contribution is 0.125. The number of ether oxygens (including phenoxy) is 1. The highest BCUT2D eigenvalue weighted by Crippen LogP contribution is 2.36. The van der Waals surface area contributed by atoms with Crippen molar-refractivity contribution in [1.82, 2.24) is 0 Å². The highest BCUT2D eigenvalue weighted by Gasteiger charge is 2.31. The van der Waals surface area contributed by atoms with Gasteiger partial charge in [-0.25, -0.2) is 0 Å². The average molecular weight is 216 g/mol. The third kappa shape index (κ3) is 2.44. The number of thioether (sulfide) groups is 1. The van der Waals surface area contributed by atoms with E-state index in [1.54, 1.807) is 0 Å². The predicted octanol–water partition coefficient (Wildman–Crippen LogP) is 2.20. The summed E-state index contributed by atoms with van der Waals surface area (Å²) in [5.74, 6) is 0. The summed E-state index contributed by atoms with van der Waals surface area (Å²) in [7, 11) is 0. The fourth-order valence-corrected chi connectivity index (χ4v) is 3.95. The maximum Gasteiger partial charge on any atom is 0.0666 e. The lowest BCUT2D eigenvalue weighted by atomic mass is 9.97. The van der Waals surface area contributed by atoms with Crippen LogP contribution in [0.5, 0.6) is 0 Å². The Kier molecular flexibility index (Phi) is 3.74. The topological polar surface area (TPSA) is 29.5 Å². The van der Waals surface area contributed by atoms with E-state index in [-0.39, 0.29) is 6.10 Å². The van der Waals surface area contributed by atoms with Crippen LogP contribution in [0.2, 0.25) is 0 Å². The van der Waals surface area contributed by atoms with Crippen LogP contribution in [-0.2, 0) is 4.74 Å². The van der Waals surface area contributed by atoms with Gasteiger partial charge < -0.3 is 9.84 Å². The van der Waals surface area contributed by atoms with Gasteiger partial charge in [0, 0.05) is 17.1 Å². The molecule has 2 rings (SSSR count). The van der Waals surface area contributed by atoms with E-state index in [0.29, 0.717) is 16.6 Å². The number of rotatable bonds is 2. The summed E-state index contributed by atoms with van der Waals surface area (Å²) in [5.41, 5.74) is 0. The Morgan fingerprint density at radius 2 is 1.93 bits per heavy atom. The monoisotopic (exact) mass is 216 g/mol. The first-order valence-electron chi connectivity index (χ1n) is 5.72. The Labute approximate surface area is 90.4 Å². The molecule has 2 nitrogen and oxygen atoms in total. The number of aliphatic hydroxyl groups is 1. The van der Waals surface area contributed by atoms with Crippen LogP contribution in [0, 0.1) is 0 Å². The number of hydrogen-bond donors (Lipinski definition) is 1. The van der Waals surface area contributed by atoms with Crippen LogP contribution in [0.25, 0.3) is 0 Å². The molecule has 82 valence electrons. The third-order valence-electron chi connectivity index (χ3n) is 3.32. The molecule has 0 radical (unpaired) electrons. The van der Waals surface area contributed by atoms with Gasteiger partial charge in [0.2, 0.25) is 0 Å². The largest absolute Gasteiger partial charge is 0.392 e. The molecule has 0 bridgehead atoms. The van der Waals surface area contributed by atoms with E-state index in [1.807, 2.05) is 11.8 Å². The molecule has 2 fully saturated rings. The van der Waals surface area contributed by atoms with E-state index in [1.165, 1.54) is 19.3 Å². The van der Waals surface area contributed by atoms with Gasteiger partial charge >= 0.3 is 0 Å². The Hall–Kier alpha value is 0.270. The van der Waals surface area contributed by atoms with Crippen molar-refractivity contribution in [2.45, 2.75) is 61.7 Å².